The van der Waals surface area contributed by atoms with Gasteiger partial charge in [-0.1, -0.05) is 31.5 Å². The first-order valence-electron chi connectivity index (χ1n) is 11.3. The number of nitrogens with zero attached hydrogens (tertiary/aromatic N) is 1. The van der Waals surface area contributed by atoms with Gasteiger partial charge in [-0.25, -0.2) is 0 Å². The Morgan fingerprint density at radius 3 is 2.52 bits per heavy atom. The van der Waals surface area contributed by atoms with Crippen molar-refractivity contribution in [1.82, 2.24) is 10.2 Å². The zero-order chi connectivity index (χ0) is 24.0. The van der Waals surface area contributed by atoms with Crippen molar-refractivity contribution < 1.29 is 23.9 Å². The van der Waals surface area contributed by atoms with E-state index in [1.165, 1.54) is 4.90 Å². The standard InChI is InChI=1S/C26H32N2O5/c1-17(2)11-13-33-22-10-8-19(15-23(22)32-4)16-27-24(29)6-5-12-28-25(30)20-9-7-18(3)14-21(20)26(28)31/h7-10,14-15,17H,5-6,11-13,16H2,1-4H3,(H,27,29). The van der Waals surface area contributed by atoms with E-state index in [1.54, 1.807) is 19.2 Å². The SMILES string of the molecule is COc1cc(CNC(=O)CCCN2C(=O)c3ccc(C)cc3C2=O)ccc1OCCC(C)C. The summed E-state index contributed by atoms with van der Waals surface area (Å²) in [5.74, 6) is 1.15. The van der Waals surface area contributed by atoms with Crippen molar-refractivity contribution in [2.75, 3.05) is 20.3 Å². The highest BCUT2D eigenvalue weighted by Gasteiger charge is 2.34. The number of ether oxygens (including phenoxy) is 2. The summed E-state index contributed by atoms with van der Waals surface area (Å²) < 4.78 is 11.2. The van der Waals surface area contributed by atoms with Crippen molar-refractivity contribution in [1.29, 1.82) is 0 Å². The van der Waals surface area contributed by atoms with Crippen LogP contribution in [0.5, 0.6) is 11.5 Å². The fraction of sp³-hybridized carbons (Fsp3) is 0.423. The van der Waals surface area contributed by atoms with Gasteiger partial charge in [0.05, 0.1) is 24.8 Å². The predicted octanol–water partition coefficient (Wildman–Crippen LogP) is 4.12. The highest BCUT2D eigenvalue weighted by molar-refractivity contribution is 6.21. The smallest absolute Gasteiger partial charge is 0.261 e. The second-order valence-electron chi connectivity index (χ2n) is 8.71. The molecule has 0 fully saturated rings. The second-order valence-corrected chi connectivity index (χ2v) is 8.71. The Morgan fingerprint density at radius 1 is 1.03 bits per heavy atom. The fourth-order valence-corrected chi connectivity index (χ4v) is 3.64. The number of imide groups is 1. The molecule has 0 atom stereocenters. The van der Waals surface area contributed by atoms with Crippen molar-refractivity contribution in [3.63, 3.8) is 0 Å². The van der Waals surface area contributed by atoms with Crippen LogP contribution in [-0.4, -0.2) is 42.9 Å². The summed E-state index contributed by atoms with van der Waals surface area (Å²) in [6, 6.07) is 10.8. The van der Waals surface area contributed by atoms with Crippen LogP contribution in [-0.2, 0) is 11.3 Å². The molecule has 2 aromatic rings. The van der Waals surface area contributed by atoms with Gasteiger partial charge in [0.2, 0.25) is 5.91 Å². The van der Waals surface area contributed by atoms with Gasteiger partial charge in [0.25, 0.3) is 11.8 Å². The Labute approximate surface area is 195 Å². The Bertz CT molecular complexity index is 1030. The molecule has 7 nitrogen and oxygen atoms in total. The van der Waals surface area contributed by atoms with E-state index in [4.69, 9.17) is 9.47 Å². The Kier molecular flexibility index (Phi) is 8.09. The highest BCUT2D eigenvalue weighted by Crippen LogP contribution is 2.28. The van der Waals surface area contributed by atoms with Crippen LogP contribution in [0.25, 0.3) is 0 Å². The van der Waals surface area contributed by atoms with Gasteiger partial charge in [0, 0.05) is 19.5 Å². The minimum atomic E-state index is -0.293. The molecule has 0 aromatic heterocycles. The summed E-state index contributed by atoms with van der Waals surface area (Å²) in [6.45, 7) is 7.37. The number of aryl methyl sites for hydroxylation is 1. The van der Waals surface area contributed by atoms with Gasteiger partial charge in [-0.15, -0.1) is 0 Å². The van der Waals surface area contributed by atoms with E-state index in [-0.39, 0.29) is 30.7 Å². The molecule has 0 radical (unpaired) electrons. The average molecular weight is 453 g/mol. The first-order chi connectivity index (χ1) is 15.8. The van der Waals surface area contributed by atoms with Gasteiger partial charge in [0.15, 0.2) is 11.5 Å². The van der Waals surface area contributed by atoms with Crippen molar-refractivity contribution in [3.05, 3.63) is 58.7 Å². The van der Waals surface area contributed by atoms with Crippen LogP contribution in [0.15, 0.2) is 36.4 Å². The second kappa shape index (κ2) is 11.0. The van der Waals surface area contributed by atoms with Crippen LogP contribution < -0.4 is 14.8 Å². The quantitative estimate of drug-likeness (QED) is 0.519. The molecule has 0 saturated heterocycles. The third-order valence-electron chi connectivity index (χ3n) is 5.58. The molecule has 7 heteroatoms. The number of nitrogens with one attached hydrogen (secondary N) is 1. The van der Waals surface area contributed by atoms with Crippen LogP contribution in [0.4, 0.5) is 0 Å². The molecule has 3 rings (SSSR count). The van der Waals surface area contributed by atoms with E-state index in [2.05, 4.69) is 19.2 Å². The number of hydrogen-bond donors (Lipinski definition) is 1. The van der Waals surface area contributed by atoms with Crippen molar-refractivity contribution >= 4 is 17.7 Å². The molecule has 1 aliphatic heterocycles. The lowest BCUT2D eigenvalue weighted by Gasteiger charge is -2.14. The van der Waals surface area contributed by atoms with Crippen LogP contribution in [0.1, 0.15) is 65.0 Å². The third kappa shape index (κ3) is 6.12. The lowest BCUT2D eigenvalue weighted by atomic mass is 10.1. The predicted molar refractivity (Wildman–Crippen MR) is 126 cm³/mol. The van der Waals surface area contributed by atoms with E-state index in [0.717, 1.165) is 17.5 Å². The fourth-order valence-electron chi connectivity index (χ4n) is 3.64. The van der Waals surface area contributed by atoms with Crippen molar-refractivity contribution in [3.8, 4) is 11.5 Å². The number of rotatable bonds is 11. The maximum absolute atomic E-state index is 12.5. The number of methoxy groups -OCH3 is 1. The molecule has 1 N–H and O–H groups in total. The summed E-state index contributed by atoms with van der Waals surface area (Å²) in [5.41, 5.74) is 2.70. The Morgan fingerprint density at radius 2 is 1.79 bits per heavy atom. The molecule has 2 aromatic carbocycles. The molecule has 0 spiro atoms. The molecule has 1 heterocycles. The molecule has 0 aliphatic carbocycles. The van der Waals surface area contributed by atoms with Gasteiger partial charge in [-0.05, 0) is 55.5 Å². The summed E-state index contributed by atoms with van der Waals surface area (Å²) in [6.07, 6.45) is 1.59. The van der Waals surface area contributed by atoms with Gasteiger partial charge in [-0.2, -0.15) is 0 Å². The first kappa shape index (κ1) is 24.3. The van der Waals surface area contributed by atoms with Crippen molar-refractivity contribution in [2.24, 2.45) is 5.92 Å². The van der Waals surface area contributed by atoms with E-state index < -0.39 is 0 Å². The van der Waals surface area contributed by atoms with E-state index >= 15 is 0 Å². The Balaban J connectivity index is 1.45. The summed E-state index contributed by atoms with van der Waals surface area (Å²) in [5, 5.41) is 2.88. The number of carbonyl (C=O) groups is 3. The number of amides is 3. The minimum absolute atomic E-state index is 0.140. The van der Waals surface area contributed by atoms with E-state index in [1.807, 2.05) is 31.2 Å². The van der Waals surface area contributed by atoms with Gasteiger partial charge >= 0.3 is 0 Å². The molecule has 0 saturated carbocycles. The normalized spacial score (nSPS) is 12.8. The topological polar surface area (TPSA) is 84.9 Å². The highest BCUT2D eigenvalue weighted by atomic mass is 16.5. The van der Waals surface area contributed by atoms with Gasteiger partial charge in [0.1, 0.15) is 0 Å². The zero-order valence-electron chi connectivity index (χ0n) is 19.8. The zero-order valence-corrected chi connectivity index (χ0v) is 19.8. The number of benzene rings is 2. The average Bonchev–Trinajstić information content (AvgIpc) is 3.02. The summed E-state index contributed by atoms with van der Waals surface area (Å²) in [4.78, 5) is 38.5. The molecule has 0 bridgehead atoms. The monoisotopic (exact) mass is 452 g/mol. The van der Waals surface area contributed by atoms with Crippen LogP contribution in [0, 0.1) is 12.8 Å². The van der Waals surface area contributed by atoms with Crippen LogP contribution >= 0.6 is 0 Å². The lowest BCUT2D eigenvalue weighted by molar-refractivity contribution is -0.121. The molecule has 1 aliphatic rings. The van der Waals surface area contributed by atoms with E-state index in [0.29, 0.717) is 48.1 Å². The third-order valence-corrected chi connectivity index (χ3v) is 5.58. The number of carbonyl (C=O) groups excluding carboxylic acids is 3. The summed E-state index contributed by atoms with van der Waals surface area (Å²) in [7, 11) is 1.59. The molecular formula is C26H32N2O5. The molecule has 3 amide bonds. The number of hydrogen-bond acceptors (Lipinski definition) is 5. The first-order valence-corrected chi connectivity index (χ1v) is 11.3. The maximum atomic E-state index is 12.5. The molecule has 33 heavy (non-hydrogen) atoms. The largest absolute Gasteiger partial charge is 0.493 e. The molecule has 176 valence electrons. The summed E-state index contributed by atoms with van der Waals surface area (Å²) >= 11 is 0. The van der Waals surface area contributed by atoms with E-state index in [9.17, 15) is 14.4 Å². The molecule has 0 unspecified atom stereocenters. The molecular weight excluding hydrogens is 420 g/mol. The minimum Gasteiger partial charge on any atom is -0.493 e. The van der Waals surface area contributed by atoms with Crippen LogP contribution in [0.2, 0.25) is 0 Å². The number of fused-ring (bicyclic) bond motifs is 1. The lowest BCUT2D eigenvalue weighted by Crippen LogP contribution is -2.32. The van der Waals surface area contributed by atoms with Crippen molar-refractivity contribution in [2.45, 2.75) is 46.6 Å². The maximum Gasteiger partial charge on any atom is 0.261 e. The Hall–Kier alpha value is -3.35. The van der Waals surface area contributed by atoms with Crippen LogP contribution in [0.3, 0.4) is 0 Å². The van der Waals surface area contributed by atoms with Gasteiger partial charge < -0.3 is 14.8 Å². The van der Waals surface area contributed by atoms with Gasteiger partial charge in [-0.3, -0.25) is 19.3 Å².